The van der Waals surface area contributed by atoms with Crippen molar-refractivity contribution in [3.8, 4) is 5.75 Å². The molecule has 4 rings (SSSR count). The molecule has 0 saturated carbocycles. The topological polar surface area (TPSA) is 110 Å². The fourth-order valence-electron chi connectivity index (χ4n) is 3.94. The minimum absolute atomic E-state index is 0.0745. The van der Waals surface area contributed by atoms with Crippen LogP contribution >= 0.6 is 0 Å². The molecule has 1 aliphatic rings. The van der Waals surface area contributed by atoms with Crippen LogP contribution in [0.25, 0.3) is 5.76 Å². The molecule has 1 aliphatic heterocycles. The molecule has 1 heterocycles. The number of hydrogen-bond donors (Lipinski definition) is 1. The van der Waals surface area contributed by atoms with Gasteiger partial charge >= 0.3 is 0 Å². The van der Waals surface area contributed by atoms with Crippen molar-refractivity contribution in [2.75, 3.05) is 12.0 Å². The van der Waals surface area contributed by atoms with E-state index in [0.717, 1.165) is 5.56 Å². The van der Waals surface area contributed by atoms with E-state index < -0.39 is 28.4 Å². The van der Waals surface area contributed by atoms with E-state index in [0.29, 0.717) is 17.0 Å². The Morgan fingerprint density at radius 2 is 1.76 bits per heavy atom. The summed E-state index contributed by atoms with van der Waals surface area (Å²) in [5, 5.41) is 22.3. The van der Waals surface area contributed by atoms with Crippen molar-refractivity contribution in [1.29, 1.82) is 0 Å². The lowest BCUT2D eigenvalue weighted by Crippen LogP contribution is -2.29. The zero-order valence-electron chi connectivity index (χ0n) is 17.9. The van der Waals surface area contributed by atoms with Gasteiger partial charge in [-0.25, -0.2) is 0 Å². The number of benzene rings is 3. The molecule has 0 bridgehead atoms. The Labute approximate surface area is 189 Å². The van der Waals surface area contributed by atoms with E-state index >= 15 is 0 Å². The number of non-ortho nitro benzene ring substituents is 1. The predicted octanol–water partition coefficient (Wildman–Crippen LogP) is 4.54. The van der Waals surface area contributed by atoms with Gasteiger partial charge in [-0.15, -0.1) is 0 Å². The van der Waals surface area contributed by atoms with Crippen LogP contribution in [0.1, 0.15) is 22.7 Å². The summed E-state index contributed by atoms with van der Waals surface area (Å²) in [6.45, 7) is 1.88. The van der Waals surface area contributed by atoms with Crippen LogP contribution in [0.3, 0.4) is 0 Å². The molecule has 33 heavy (non-hydrogen) atoms. The maximum absolute atomic E-state index is 13.2. The summed E-state index contributed by atoms with van der Waals surface area (Å²) in [6.07, 6.45) is 0. The number of aliphatic hydroxyl groups is 1. The number of amides is 1. The Balaban J connectivity index is 1.96. The fourth-order valence-corrected chi connectivity index (χ4v) is 3.94. The second-order valence-electron chi connectivity index (χ2n) is 7.59. The first-order valence-corrected chi connectivity index (χ1v) is 10.1. The van der Waals surface area contributed by atoms with Gasteiger partial charge in [0.2, 0.25) is 0 Å². The quantitative estimate of drug-likeness (QED) is 0.203. The van der Waals surface area contributed by atoms with E-state index in [1.165, 1.54) is 36.3 Å². The molecule has 1 amide bonds. The predicted molar refractivity (Wildman–Crippen MR) is 122 cm³/mol. The van der Waals surface area contributed by atoms with Gasteiger partial charge in [-0.05, 0) is 24.6 Å². The number of carbonyl (C=O) groups is 2. The van der Waals surface area contributed by atoms with Crippen LogP contribution in [-0.4, -0.2) is 28.8 Å². The first kappa shape index (κ1) is 21.8. The zero-order chi connectivity index (χ0) is 23.7. The van der Waals surface area contributed by atoms with Crippen molar-refractivity contribution in [2.24, 2.45) is 0 Å². The highest BCUT2D eigenvalue weighted by atomic mass is 16.6. The first-order chi connectivity index (χ1) is 15.8. The molecule has 1 unspecified atom stereocenters. The normalized spacial score (nSPS) is 17.3. The van der Waals surface area contributed by atoms with E-state index in [-0.39, 0.29) is 16.8 Å². The molecule has 0 aromatic heterocycles. The van der Waals surface area contributed by atoms with Crippen molar-refractivity contribution in [3.63, 3.8) is 0 Å². The number of Topliss-reactive ketones (excluding diaryl/α,β-unsaturated/α-hetero) is 1. The highest BCUT2D eigenvalue weighted by Gasteiger charge is 2.47. The number of anilines is 1. The van der Waals surface area contributed by atoms with Gasteiger partial charge in [0.15, 0.2) is 0 Å². The van der Waals surface area contributed by atoms with Gasteiger partial charge in [-0.2, -0.15) is 0 Å². The van der Waals surface area contributed by atoms with Gasteiger partial charge < -0.3 is 9.84 Å². The molecule has 0 radical (unpaired) electrons. The van der Waals surface area contributed by atoms with Crippen LogP contribution in [0, 0.1) is 17.0 Å². The molecule has 0 aliphatic carbocycles. The lowest BCUT2D eigenvalue weighted by atomic mass is 9.94. The SMILES string of the molecule is COc1cccc(N2C(=O)C(=O)/C(=C(\O)c3cccc([N+](=O)[O-])c3)C2c2cccc(C)c2)c1. The maximum Gasteiger partial charge on any atom is 0.300 e. The molecule has 1 N–H and O–H groups in total. The second-order valence-corrected chi connectivity index (χ2v) is 7.59. The Kier molecular flexibility index (Phi) is 5.66. The largest absolute Gasteiger partial charge is 0.507 e. The Morgan fingerprint density at radius 1 is 1.03 bits per heavy atom. The average Bonchev–Trinajstić information content (AvgIpc) is 3.09. The van der Waals surface area contributed by atoms with E-state index in [1.54, 1.807) is 36.4 Å². The molecule has 1 fully saturated rings. The van der Waals surface area contributed by atoms with Gasteiger partial charge in [0.25, 0.3) is 17.4 Å². The van der Waals surface area contributed by atoms with Crippen LogP contribution in [0.15, 0.2) is 78.4 Å². The number of hydrogen-bond acceptors (Lipinski definition) is 6. The number of methoxy groups -OCH3 is 1. The van der Waals surface area contributed by atoms with Crippen LogP contribution in [0.2, 0.25) is 0 Å². The van der Waals surface area contributed by atoms with E-state index in [2.05, 4.69) is 0 Å². The summed E-state index contributed by atoms with van der Waals surface area (Å²) in [6, 6.07) is 18.3. The van der Waals surface area contributed by atoms with Crippen LogP contribution in [0.5, 0.6) is 5.75 Å². The van der Waals surface area contributed by atoms with Gasteiger partial charge in [-0.1, -0.05) is 48.0 Å². The van der Waals surface area contributed by atoms with Gasteiger partial charge in [0, 0.05) is 29.4 Å². The summed E-state index contributed by atoms with van der Waals surface area (Å²) in [7, 11) is 1.49. The fraction of sp³-hybridized carbons (Fsp3) is 0.120. The maximum atomic E-state index is 13.2. The Hall–Kier alpha value is -4.46. The van der Waals surface area contributed by atoms with Crippen molar-refractivity contribution in [2.45, 2.75) is 13.0 Å². The molecule has 8 heteroatoms. The summed E-state index contributed by atoms with van der Waals surface area (Å²) >= 11 is 0. The van der Waals surface area contributed by atoms with Crippen LogP contribution in [-0.2, 0) is 9.59 Å². The van der Waals surface area contributed by atoms with Crippen molar-refractivity contribution >= 4 is 28.8 Å². The molecule has 1 saturated heterocycles. The molecule has 1 atom stereocenters. The monoisotopic (exact) mass is 444 g/mol. The number of nitro benzene ring substituents is 1. The smallest absolute Gasteiger partial charge is 0.300 e. The standard InChI is InChI=1S/C25H20N2O6/c1-15-6-3-7-16(12-15)22-21(23(28)17-8-4-10-19(13-17)27(31)32)24(29)25(30)26(22)18-9-5-11-20(14-18)33-2/h3-14,22,28H,1-2H3/b23-21-. The Morgan fingerprint density at radius 3 is 2.45 bits per heavy atom. The second kappa shape index (κ2) is 8.58. The van der Waals surface area contributed by atoms with Crippen molar-refractivity contribution in [3.05, 3.63) is 105 Å². The number of aryl methyl sites for hydroxylation is 1. The molecular weight excluding hydrogens is 424 g/mol. The van der Waals surface area contributed by atoms with E-state index in [4.69, 9.17) is 4.74 Å². The van der Waals surface area contributed by atoms with Gasteiger partial charge in [0.1, 0.15) is 11.5 Å². The minimum Gasteiger partial charge on any atom is -0.507 e. The lowest BCUT2D eigenvalue weighted by Gasteiger charge is -2.26. The highest BCUT2D eigenvalue weighted by Crippen LogP contribution is 2.43. The van der Waals surface area contributed by atoms with Crippen LogP contribution in [0.4, 0.5) is 11.4 Å². The number of nitro groups is 1. The lowest BCUT2D eigenvalue weighted by molar-refractivity contribution is -0.384. The Bertz CT molecular complexity index is 1310. The molecule has 166 valence electrons. The number of rotatable bonds is 5. The summed E-state index contributed by atoms with van der Waals surface area (Å²) in [5.41, 5.74) is 1.62. The van der Waals surface area contributed by atoms with Crippen molar-refractivity contribution < 1.29 is 24.4 Å². The van der Waals surface area contributed by atoms with Crippen LogP contribution < -0.4 is 9.64 Å². The summed E-state index contributed by atoms with van der Waals surface area (Å²) in [4.78, 5) is 38.3. The molecular formula is C25H20N2O6. The zero-order valence-corrected chi connectivity index (χ0v) is 17.9. The average molecular weight is 444 g/mol. The molecule has 0 spiro atoms. The van der Waals surface area contributed by atoms with E-state index in [9.17, 15) is 24.8 Å². The number of carbonyl (C=O) groups excluding carboxylic acids is 2. The minimum atomic E-state index is -0.934. The number of nitrogens with zero attached hydrogens (tertiary/aromatic N) is 2. The highest BCUT2D eigenvalue weighted by molar-refractivity contribution is 6.51. The third-order valence-corrected chi connectivity index (χ3v) is 5.46. The van der Waals surface area contributed by atoms with Gasteiger partial charge in [0.05, 0.1) is 23.6 Å². The van der Waals surface area contributed by atoms with Crippen molar-refractivity contribution in [1.82, 2.24) is 0 Å². The summed E-state index contributed by atoms with van der Waals surface area (Å²) < 4.78 is 5.27. The first-order valence-electron chi connectivity index (χ1n) is 10.1. The third kappa shape index (κ3) is 3.94. The van der Waals surface area contributed by atoms with E-state index in [1.807, 2.05) is 19.1 Å². The van der Waals surface area contributed by atoms with Gasteiger partial charge in [-0.3, -0.25) is 24.6 Å². The number of ketones is 1. The molecule has 3 aromatic rings. The number of aliphatic hydroxyl groups excluding tert-OH is 1. The summed E-state index contributed by atoms with van der Waals surface area (Å²) in [5.74, 6) is -1.68. The molecule has 8 nitrogen and oxygen atoms in total. The third-order valence-electron chi connectivity index (χ3n) is 5.46. The number of ether oxygens (including phenoxy) is 1. The molecule has 3 aromatic carbocycles.